The lowest BCUT2D eigenvalue weighted by Crippen LogP contribution is -2.40. The maximum atomic E-state index is 12.1. The van der Waals surface area contributed by atoms with Gasteiger partial charge in [-0.1, -0.05) is 12.1 Å². The highest BCUT2D eigenvalue weighted by molar-refractivity contribution is 5.99. The summed E-state index contributed by atoms with van der Waals surface area (Å²) in [6, 6.07) is 14.0. The van der Waals surface area contributed by atoms with E-state index in [0.29, 0.717) is 22.7 Å². The van der Waals surface area contributed by atoms with Gasteiger partial charge in [-0.3, -0.25) is 14.4 Å². The van der Waals surface area contributed by atoms with Gasteiger partial charge in [0.1, 0.15) is 5.75 Å². The van der Waals surface area contributed by atoms with E-state index in [-0.39, 0.29) is 37.2 Å². The molecule has 0 bridgehead atoms. The van der Waals surface area contributed by atoms with Crippen LogP contribution in [0.5, 0.6) is 5.75 Å². The number of fused-ring (bicyclic) bond motifs is 1. The molecule has 0 fully saturated rings. The molecular weight excluding hydrogens is 320 g/mol. The number of ether oxygens (including phenoxy) is 1. The van der Waals surface area contributed by atoms with Crippen LogP contribution in [-0.2, 0) is 9.59 Å². The Morgan fingerprint density at radius 2 is 1.84 bits per heavy atom. The monoisotopic (exact) mass is 338 g/mol. The van der Waals surface area contributed by atoms with E-state index in [1.807, 2.05) is 12.1 Å². The van der Waals surface area contributed by atoms with E-state index in [1.165, 1.54) is 6.92 Å². The molecule has 128 valence electrons. The number of rotatable bonds is 5. The molecule has 0 spiro atoms. The van der Waals surface area contributed by atoms with Gasteiger partial charge in [0.25, 0.3) is 5.91 Å². The first-order valence-corrected chi connectivity index (χ1v) is 7.97. The summed E-state index contributed by atoms with van der Waals surface area (Å²) < 4.78 is 5.38. The minimum Gasteiger partial charge on any atom is -0.482 e. The smallest absolute Gasteiger partial charge is 0.265 e. The molecule has 6 heteroatoms. The summed E-state index contributed by atoms with van der Waals surface area (Å²) in [7, 11) is 0. The molecular formula is C19H18N2O4. The minimum atomic E-state index is -0.202. The van der Waals surface area contributed by atoms with Gasteiger partial charge in [-0.15, -0.1) is 0 Å². The number of anilines is 2. The molecule has 0 aliphatic carbocycles. The normalized spacial score (nSPS) is 13.0. The van der Waals surface area contributed by atoms with E-state index in [2.05, 4.69) is 5.32 Å². The summed E-state index contributed by atoms with van der Waals surface area (Å²) in [4.78, 5) is 37.0. The van der Waals surface area contributed by atoms with Crippen LogP contribution >= 0.6 is 0 Å². The maximum absolute atomic E-state index is 12.1. The SMILES string of the molecule is CC(=O)c1ccc(NC(=O)CCN2C(=O)COc3ccccc32)cc1. The average molecular weight is 338 g/mol. The first kappa shape index (κ1) is 16.7. The number of amides is 2. The second-order valence-corrected chi connectivity index (χ2v) is 5.73. The lowest BCUT2D eigenvalue weighted by molar-refractivity contribution is -0.121. The Balaban J connectivity index is 1.60. The van der Waals surface area contributed by atoms with Crippen molar-refractivity contribution < 1.29 is 19.1 Å². The van der Waals surface area contributed by atoms with Crippen molar-refractivity contribution >= 4 is 29.0 Å². The standard InChI is InChI=1S/C19H18N2O4/c1-13(22)14-6-8-15(9-7-14)20-18(23)10-11-21-16-4-2-3-5-17(16)25-12-19(21)24/h2-9H,10-12H2,1H3,(H,20,23). The molecule has 0 unspecified atom stereocenters. The summed E-state index contributed by atoms with van der Waals surface area (Å²) >= 11 is 0. The van der Waals surface area contributed by atoms with E-state index in [0.717, 1.165) is 0 Å². The van der Waals surface area contributed by atoms with Gasteiger partial charge >= 0.3 is 0 Å². The van der Waals surface area contributed by atoms with Gasteiger partial charge in [-0.25, -0.2) is 0 Å². The van der Waals surface area contributed by atoms with E-state index < -0.39 is 0 Å². The zero-order valence-corrected chi connectivity index (χ0v) is 13.8. The quantitative estimate of drug-likeness (QED) is 0.851. The van der Waals surface area contributed by atoms with E-state index in [1.54, 1.807) is 41.3 Å². The van der Waals surface area contributed by atoms with Gasteiger partial charge in [0.05, 0.1) is 5.69 Å². The van der Waals surface area contributed by atoms with Crippen molar-refractivity contribution in [3.8, 4) is 5.75 Å². The molecule has 2 aromatic rings. The second kappa shape index (κ2) is 7.17. The van der Waals surface area contributed by atoms with Crippen LogP contribution in [-0.4, -0.2) is 30.7 Å². The van der Waals surface area contributed by atoms with Gasteiger partial charge in [0.15, 0.2) is 12.4 Å². The zero-order valence-electron chi connectivity index (χ0n) is 13.8. The lowest BCUT2D eigenvalue weighted by Gasteiger charge is -2.29. The van der Waals surface area contributed by atoms with Crippen molar-refractivity contribution in [1.29, 1.82) is 0 Å². The molecule has 0 saturated heterocycles. The highest BCUT2D eigenvalue weighted by atomic mass is 16.5. The number of para-hydroxylation sites is 2. The third-order valence-electron chi connectivity index (χ3n) is 3.95. The highest BCUT2D eigenvalue weighted by Crippen LogP contribution is 2.31. The van der Waals surface area contributed by atoms with Gasteiger partial charge in [0, 0.05) is 24.2 Å². The van der Waals surface area contributed by atoms with E-state index in [9.17, 15) is 14.4 Å². The molecule has 3 rings (SSSR count). The fourth-order valence-electron chi connectivity index (χ4n) is 2.62. The van der Waals surface area contributed by atoms with Crippen LogP contribution in [0.2, 0.25) is 0 Å². The van der Waals surface area contributed by atoms with Crippen LogP contribution in [0.25, 0.3) is 0 Å². The van der Waals surface area contributed by atoms with Crippen molar-refractivity contribution in [2.75, 3.05) is 23.4 Å². The predicted octanol–water partition coefficient (Wildman–Crippen LogP) is 2.64. The third-order valence-corrected chi connectivity index (χ3v) is 3.95. The molecule has 25 heavy (non-hydrogen) atoms. The summed E-state index contributed by atoms with van der Waals surface area (Å²) in [5.74, 6) is 0.245. The predicted molar refractivity (Wildman–Crippen MR) is 94.0 cm³/mol. The van der Waals surface area contributed by atoms with Crippen molar-refractivity contribution in [2.24, 2.45) is 0 Å². The van der Waals surface area contributed by atoms with Crippen LogP contribution in [0.15, 0.2) is 48.5 Å². The van der Waals surface area contributed by atoms with Crippen LogP contribution < -0.4 is 15.0 Å². The third kappa shape index (κ3) is 3.85. The maximum Gasteiger partial charge on any atom is 0.265 e. The Morgan fingerprint density at radius 1 is 1.12 bits per heavy atom. The molecule has 1 N–H and O–H groups in total. The van der Waals surface area contributed by atoms with Crippen LogP contribution in [0.4, 0.5) is 11.4 Å². The molecule has 1 aliphatic heterocycles. The summed E-state index contributed by atoms with van der Waals surface area (Å²) in [5.41, 5.74) is 1.88. The largest absolute Gasteiger partial charge is 0.482 e. The number of carbonyl (C=O) groups is 3. The Bertz CT molecular complexity index is 814. The van der Waals surface area contributed by atoms with E-state index in [4.69, 9.17) is 4.74 Å². The molecule has 0 atom stereocenters. The first-order valence-electron chi connectivity index (χ1n) is 7.97. The van der Waals surface area contributed by atoms with Gasteiger partial charge in [-0.2, -0.15) is 0 Å². The fraction of sp³-hybridized carbons (Fsp3) is 0.211. The van der Waals surface area contributed by atoms with Crippen molar-refractivity contribution in [2.45, 2.75) is 13.3 Å². The molecule has 0 saturated carbocycles. The van der Waals surface area contributed by atoms with Gasteiger partial charge in [0.2, 0.25) is 5.91 Å². The van der Waals surface area contributed by atoms with Crippen LogP contribution in [0, 0.1) is 0 Å². The van der Waals surface area contributed by atoms with Crippen molar-refractivity contribution in [3.05, 3.63) is 54.1 Å². The molecule has 2 aromatic carbocycles. The number of hydrogen-bond donors (Lipinski definition) is 1. The zero-order chi connectivity index (χ0) is 17.8. The molecule has 1 heterocycles. The van der Waals surface area contributed by atoms with Crippen molar-refractivity contribution in [1.82, 2.24) is 0 Å². The minimum absolute atomic E-state index is 0.0227. The number of Topliss-reactive ketones (excluding diaryl/α,β-unsaturated/α-hetero) is 1. The van der Waals surface area contributed by atoms with E-state index >= 15 is 0 Å². The average Bonchev–Trinajstić information content (AvgIpc) is 2.61. The van der Waals surface area contributed by atoms with Crippen molar-refractivity contribution in [3.63, 3.8) is 0 Å². The summed E-state index contributed by atoms with van der Waals surface area (Å²) in [6.07, 6.45) is 0.161. The fourth-order valence-corrected chi connectivity index (χ4v) is 2.62. The Labute approximate surface area is 145 Å². The number of benzene rings is 2. The second-order valence-electron chi connectivity index (χ2n) is 5.73. The van der Waals surface area contributed by atoms with Gasteiger partial charge in [-0.05, 0) is 43.3 Å². The topological polar surface area (TPSA) is 75.7 Å². The molecule has 1 aliphatic rings. The lowest BCUT2D eigenvalue weighted by atomic mass is 10.1. The number of nitrogens with zero attached hydrogens (tertiary/aromatic N) is 1. The Hall–Kier alpha value is -3.15. The molecule has 6 nitrogen and oxygen atoms in total. The molecule has 2 amide bonds. The Morgan fingerprint density at radius 3 is 2.56 bits per heavy atom. The molecule has 0 aromatic heterocycles. The number of nitrogens with one attached hydrogen (secondary N) is 1. The van der Waals surface area contributed by atoms with Crippen LogP contribution in [0.3, 0.4) is 0 Å². The summed E-state index contributed by atoms with van der Waals surface area (Å²) in [6.45, 7) is 1.74. The Kier molecular flexibility index (Phi) is 4.79. The highest BCUT2D eigenvalue weighted by Gasteiger charge is 2.25. The molecule has 0 radical (unpaired) electrons. The van der Waals surface area contributed by atoms with Gasteiger partial charge < -0.3 is 15.0 Å². The number of carbonyl (C=O) groups excluding carboxylic acids is 3. The number of hydrogen-bond acceptors (Lipinski definition) is 4. The first-order chi connectivity index (χ1) is 12.0. The number of ketones is 1. The summed E-state index contributed by atoms with van der Waals surface area (Å²) in [5, 5.41) is 2.77. The van der Waals surface area contributed by atoms with Crippen LogP contribution in [0.1, 0.15) is 23.7 Å².